The number of thioether (sulfide) groups is 1. The zero-order valence-corrected chi connectivity index (χ0v) is 17.3. The minimum atomic E-state index is -0.248. The van der Waals surface area contributed by atoms with E-state index in [2.05, 4.69) is 10.3 Å². The molecular formula is C20H21N3O3S2. The summed E-state index contributed by atoms with van der Waals surface area (Å²) in [4.78, 5) is 29.5. The van der Waals surface area contributed by atoms with Gasteiger partial charge in [-0.15, -0.1) is 11.8 Å². The van der Waals surface area contributed by atoms with Crippen molar-refractivity contribution in [1.29, 1.82) is 0 Å². The van der Waals surface area contributed by atoms with Crippen molar-refractivity contribution in [3.8, 4) is 0 Å². The van der Waals surface area contributed by atoms with E-state index in [9.17, 15) is 9.59 Å². The number of rotatable bonds is 7. The lowest BCUT2D eigenvalue weighted by molar-refractivity contribution is 0.102. The molecule has 1 heterocycles. The number of anilines is 1. The zero-order chi connectivity index (χ0) is 20.1. The number of nitrogens with one attached hydrogen (secondary N) is 2. The number of aromatic nitrogens is 2. The number of ether oxygens (including phenoxy) is 1. The van der Waals surface area contributed by atoms with Gasteiger partial charge in [-0.2, -0.15) is 0 Å². The van der Waals surface area contributed by atoms with E-state index in [1.807, 2.05) is 30.5 Å². The average molecular weight is 416 g/mol. The van der Waals surface area contributed by atoms with Crippen molar-refractivity contribution in [2.24, 2.45) is 0 Å². The first-order valence-electron chi connectivity index (χ1n) is 8.74. The molecule has 0 atom stereocenters. The Hall–Kier alpha value is -2.42. The van der Waals surface area contributed by atoms with Crippen molar-refractivity contribution in [1.82, 2.24) is 9.55 Å². The fourth-order valence-corrected chi connectivity index (χ4v) is 3.54. The van der Waals surface area contributed by atoms with Gasteiger partial charge in [-0.05, 0) is 67.4 Å². The van der Waals surface area contributed by atoms with Crippen LogP contribution >= 0.6 is 24.0 Å². The summed E-state index contributed by atoms with van der Waals surface area (Å²) in [5.74, 6) is -0.248. The predicted octanol–water partition coefficient (Wildman–Crippen LogP) is 4.07. The first-order chi connectivity index (χ1) is 13.5. The zero-order valence-electron chi connectivity index (χ0n) is 15.7. The molecule has 0 bridgehead atoms. The molecule has 2 N–H and O–H groups in total. The maximum absolute atomic E-state index is 12.7. The smallest absolute Gasteiger partial charge is 0.262 e. The largest absolute Gasteiger partial charge is 0.385 e. The SMILES string of the molecule is COCCCn1c(=S)[nH]c2cc(C(=O)Nc3ccc(SC)cc3)ccc2c1=O. The molecule has 0 aliphatic carbocycles. The Bertz CT molecular complexity index is 1100. The van der Waals surface area contributed by atoms with Crippen molar-refractivity contribution in [2.45, 2.75) is 17.9 Å². The summed E-state index contributed by atoms with van der Waals surface area (Å²) in [6, 6.07) is 12.6. The summed E-state index contributed by atoms with van der Waals surface area (Å²) in [6.07, 6.45) is 2.69. The van der Waals surface area contributed by atoms with Crippen LogP contribution in [0.15, 0.2) is 52.2 Å². The van der Waals surface area contributed by atoms with E-state index in [-0.39, 0.29) is 11.5 Å². The second kappa shape index (κ2) is 9.18. The third-order valence-corrected chi connectivity index (χ3v) is 5.39. The maximum Gasteiger partial charge on any atom is 0.262 e. The Balaban J connectivity index is 1.87. The van der Waals surface area contributed by atoms with Crippen LogP contribution in [0.25, 0.3) is 10.9 Å². The van der Waals surface area contributed by atoms with Gasteiger partial charge < -0.3 is 15.0 Å². The monoisotopic (exact) mass is 415 g/mol. The van der Waals surface area contributed by atoms with Crippen molar-refractivity contribution >= 4 is 46.5 Å². The Labute approximate surface area is 171 Å². The Kier molecular flexibility index (Phi) is 6.66. The lowest BCUT2D eigenvalue weighted by atomic mass is 10.1. The van der Waals surface area contributed by atoms with Crippen LogP contribution < -0.4 is 10.9 Å². The summed E-state index contributed by atoms with van der Waals surface area (Å²) in [6.45, 7) is 1.03. The van der Waals surface area contributed by atoms with Gasteiger partial charge in [0.25, 0.3) is 11.5 Å². The van der Waals surface area contributed by atoms with Gasteiger partial charge in [-0.3, -0.25) is 14.2 Å². The van der Waals surface area contributed by atoms with Crippen molar-refractivity contribution in [3.63, 3.8) is 0 Å². The summed E-state index contributed by atoms with van der Waals surface area (Å²) in [5, 5.41) is 3.36. The van der Waals surface area contributed by atoms with Gasteiger partial charge in [-0.1, -0.05) is 0 Å². The number of benzene rings is 2. The van der Waals surface area contributed by atoms with Gasteiger partial charge in [0.2, 0.25) is 0 Å². The van der Waals surface area contributed by atoms with E-state index in [0.717, 1.165) is 4.90 Å². The van der Waals surface area contributed by atoms with Crippen molar-refractivity contribution in [3.05, 3.63) is 63.2 Å². The lowest BCUT2D eigenvalue weighted by Crippen LogP contribution is -2.23. The number of amides is 1. The van der Waals surface area contributed by atoms with Crippen LogP contribution in [0.4, 0.5) is 5.69 Å². The second-order valence-electron chi connectivity index (χ2n) is 6.18. The number of fused-ring (bicyclic) bond motifs is 1. The topological polar surface area (TPSA) is 76.1 Å². The molecule has 0 aliphatic rings. The Morgan fingerprint density at radius 1 is 1.25 bits per heavy atom. The van der Waals surface area contributed by atoms with Gasteiger partial charge >= 0.3 is 0 Å². The van der Waals surface area contributed by atoms with Crippen LogP contribution in [0.5, 0.6) is 0 Å². The van der Waals surface area contributed by atoms with Crippen LogP contribution in [0, 0.1) is 4.77 Å². The lowest BCUT2D eigenvalue weighted by Gasteiger charge is -2.10. The fourth-order valence-electron chi connectivity index (χ4n) is 2.84. The molecule has 1 amide bonds. The normalized spacial score (nSPS) is 10.9. The molecule has 0 saturated heterocycles. The van der Waals surface area contributed by atoms with Crippen LogP contribution in [-0.2, 0) is 11.3 Å². The van der Waals surface area contributed by atoms with Crippen molar-refractivity contribution in [2.75, 3.05) is 25.3 Å². The highest BCUT2D eigenvalue weighted by Crippen LogP contribution is 2.18. The van der Waals surface area contributed by atoms with E-state index in [1.165, 1.54) is 4.57 Å². The van der Waals surface area contributed by atoms with Gasteiger partial charge in [0, 0.05) is 36.4 Å². The molecule has 2 aromatic carbocycles. The summed E-state index contributed by atoms with van der Waals surface area (Å²) in [5.41, 5.74) is 1.53. The first kappa shape index (κ1) is 20.3. The quantitative estimate of drug-likeness (QED) is 0.346. The molecule has 8 heteroatoms. The van der Waals surface area contributed by atoms with Crippen molar-refractivity contribution < 1.29 is 9.53 Å². The van der Waals surface area contributed by atoms with Crippen LogP contribution in [0.3, 0.4) is 0 Å². The molecule has 1 aromatic heterocycles. The molecule has 0 spiro atoms. The highest BCUT2D eigenvalue weighted by atomic mass is 32.2. The molecule has 0 fully saturated rings. The molecule has 3 rings (SSSR count). The van der Waals surface area contributed by atoms with Gasteiger partial charge in [0.1, 0.15) is 0 Å². The molecule has 0 radical (unpaired) electrons. The molecule has 0 saturated carbocycles. The number of hydrogen-bond donors (Lipinski definition) is 2. The second-order valence-corrected chi connectivity index (χ2v) is 7.44. The molecule has 0 unspecified atom stereocenters. The third kappa shape index (κ3) is 4.52. The molecule has 146 valence electrons. The van der Waals surface area contributed by atoms with Crippen LogP contribution in [-0.4, -0.2) is 35.4 Å². The predicted molar refractivity (Wildman–Crippen MR) is 116 cm³/mol. The number of hydrogen-bond acceptors (Lipinski definition) is 5. The third-order valence-electron chi connectivity index (χ3n) is 4.32. The number of carbonyl (C=O) groups excluding carboxylic acids is 1. The number of aromatic amines is 1. The molecule has 6 nitrogen and oxygen atoms in total. The highest BCUT2D eigenvalue weighted by molar-refractivity contribution is 7.98. The average Bonchev–Trinajstić information content (AvgIpc) is 2.70. The standard InChI is InChI=1S/C20H21N3O3S2/c1-26-11-3-10-23-19(25)16-9-4-13(12-17(16)22-20(23)27)18(24)21-14-5-7-15(28-2)8-6-14/h4-9,12H,3,10-11H2,1-2H3,(H,21,24)(H,22,27). The van der Waals surface area contributed by atoms with Gasteiger partial charge in [0.15, 0.2) is 4.77 Å². The van der Waals surface area contributed by atoms with Crippen LogP contribution in [0.1, 0.15) is 16.8 Å². The summed E-state index contributed by atoms with van der Waals surface area (Å²) >= 11 is 6.96. The number of methoxy groups -OCH3 is 1. The summed E-state index contributed by atoms with van der Waals surface area (Å²) < 4.78 is 6.88. The molecular weight excluding hydrogens is 394 g/mol. The van der Waals surface area contributed by atoms with Gasteiger partial charge in [0.05, 0.1) is 10.9 Å². The van der Waals surface area contributed by atoms with E-state index < -0.39 is 0 Å². The van der Waals surface area contributed by atoms with E-state index in [1.54, 1.807) is 37.1 Å². The highest BCUT2D eigenvalue weighted by Gasteiger charge is 2.11. The number of H-pyrrole nitrogens is 1. The number of nitrogens with zero attached hydrogens (tertiary/aromatic N) is 1. The fraction of sp³-hybridized carbons (Fsp3) is 0.250. The van der Waals surface area contributed by atoms with Gasteiger partial charge in [-0.25, -0.2) is 0 Å². The minimum Gasteiger partial charge on any atom is -0.385 e. The van der Waals surface area contributed by atoms with Crippen LogP contribution in [0.2, 0.25) is 0 Å². The Morgan fingerprint density at radius 3 is 2.68 bits per heavy atom. The van der Waals surface area contributed by atoms with E-state index in [0.29, 0.717) is 46.5 Å². The minimum absolute atomic E-state index is 0.172. The first-order valence-corrected chi connectivity index (χ1v) is 10.4. The molecule has 3 aromatic rings. The van der Waals surface area contributed by atoms with E-state index >= 15 is 0 Å². The summed E-state index contributed by atoms with van der Waals surface area (Å²) in [7, 11) is 1.62. The molecule has 0 aliphatic heterocycles. The molecule has 28 heavy (non-hydrogen) atoms. The Morgan fingerprint density at radius 2 is 2.00 bits per heavy atom. The maximum atomic E-state index is 12.7. The number of carbonyl (C=O) groups is 1. The van der Waals surface area contributed by atoms with E-state index in [4.69, 9.17) is 17.0 Å².